The first-order valence-electron chi connectivity index (χ1n) is 5.48. The van der Waals surface area contributed by atoms with Crippen molar-refractivity contribution in [3.63, 3.8) is 0 Å². The first kappa shape index (κ1) is 21.6. The van der Waals surface area contributed by atoms with E-state index in [9.17, 15) is 29.4 Å². The van der Waals surface area contributed by atoms with E-state index in [-0.39, 0.29) is 29.9 Å². The van der Waals surface area contributed by atoms with Gasteiger partial charge >= 0.3 is 28.7 Å². The van der Waals surface area contributed by atoms with Crippen LogP contribution in [0.25, 0.3) is 0 Å². The van der Waals surface area contributed by atoms with E-state index < -0.39 is 50.1 Å². The first-order chi connectivity index (χ1) is 9.20. The van der Waals surface area contributed by atoms with Crippen LogP contribution < -0.4 is 10.2 Å². The Bertz CT molecular complexity index is 321. The molecule has 0 amide bonds. The molecule has 0 aliphatic heterocycles. The van der Waals surface area contributed by atoms with Crippen molar-refractivity contribution >= 4 is 23.9 Å². The maximum Gasteiger partial charge on any atom is 2.00 e. The Balaban J connectivity index is 0. The molecule has 0 aliphatic carbocycles. The summed E-state index contributed by atoms with van der Waals surface area (Å²) in [5.74, 6) is -5.52. The summed E-state index contributed by atoms with van der Waals surface area (Å²) in [5, 5.41) is 38.0. The number of aliphatic carboxylic acids is 4. The van der Waals surface area contributed by atoms with Gasteiger partial charge in [-0.25, -0.2) is 0 Å². The molecule has 0 aromatic rings. The molecule has 21 heavy (non-hydrogen) atoms. The fraction of sp³-hybridized carbons (Fsp3) is 0.600. The Morgan fingerprint density at radius 1 is 0.714 bits per heavy atom. The van der Waals surface area contributed by atoms with Crippen molar-refractivity contribution in [1.82, 2.24) is 9.80 Å². The molecule has 11 heteroatoms. The van der Waals surface area contributed by atoms with Gasteiger partial charge in [0.1, 0.15) is 0 Å². The number of carbonyl (C=O) groups is 4. The van der Waals surface area contributed by atoms with Crippen LogP contribution in [0.2, 0.25) is 0 Å². The molecule has 0 aromatic heterocycles. The standard InChI is InChI=1S/C10H16N2O8.Co/c13-7(14)3-11(4-8(15)16)1-2-12(5-9(17)18)6-10(19)20;/h1-6H2,(H,13,14)(H,15,16)(H,17,18)(H,19,20);/q;+2/p-2. The summed E-state index contributed by atoms with van der Waals surface area (Å²) in [5.41, 5.74) is 0. The fourth-order valence-electron chi connectivity index (χ4n) is 1.46. The number of rotatable bonds is 11. The number of hydrogen-bond acceptors (Lipinski definition) is 8. The molecule has 10 nitrogen and oxygen atoms in total. The smallest absolute Gasteiger partial charge is 0.549 e. The van der Waals surface area contributed by atoms with Crippen molar-refractivity contribution in [3.05, 3.63) is 0 Å². The van der Waals surface area contributed by atoms with Crippen molar-refractivity contribution in [2.75, 3.05) is 39.3 Å². The molecule has 1 radical (unpaired) electrons. The predicted octanol–water partition coefficient (Wildman–Crippen LogP) is -4.74. The van der Waals surface area contributed by atoms with Crippen LogP contribution in [0.3, 0.4) is 0 Å². The van der Waals surface area contributed by atoms with Crippen molar-refractivity contribution in [2.24, 2.45) is 0 Å². The van der Waals surface area contributed by atoms with Gasteiger partial charge in [0.15, 0.2) is 0 Å². The van der Waals surface area contributed by atoms with Crippen LogP contribution in [0.4, 0.5) is 0 Å². The van der Waals surface area contributed by atoms with Crippen LogP contribution in [-0.4, -0.2) is 83.2 Å². The topological polar surface area (TPSA) is 161 Å². The summed E-state index contributed by atoms with van der Waals surface area (Å²) >= 11 is 0. The second kappa shape index (κ2) is 11.0. The van der Waals surface area contributed by atoms with E-state index in [1.54, 1.807) is 0 Å². The summed E-state index contributed by atoms with van der Waals surface area (Å²) in [7, 11) is 0. The van der Waals surface area contributed by atoms with Crippen LogP contribution in [0.1, 0.15) is 0 Å². The van der Waals surface area contributed by atoms with Gasteiger partial charge in [-0.15, -0.1) is 0 Å². The summed E-state index contributed by atoms with van der Waals surface area (Å²) in [6.07, 6.45) is 0. The molecule has 0 atom stereocenters. The van der Waals surface area contributed by atoms with Crippen molar-refractivity contribution in [1.29, 1.82) is 0 Å². The monoisotopic (exact) mass is 349 g/mol. The van der Waals surface area contributed by atoms with Gasteiger partial charge in [0.25, 0.3) is 0 Å². The number of carbonyl (C=O) groups excluding carboxylic acids is 2. The molecule has 0 rings (SSSR count). The van der Waals surface area contributed by atoms with E-state index in [4.69, 9.17) is 10.2 Å². The quantitative estimate of drug-likeness (QED) is 0.370. The van der Waals surface area contributed by atoms with E-state index in [1.165, 1.54) is 0 Å². The van der Waals surface area contributed by atoms with Crippen LogP contribution in [0, 0.1) is 0 Å². The van der Waals surface area contributed by atoms with E-state index in [1.807, 2.05) is 0 Å². The maximum atomic E-state index is 10.5. The van der Waals surface area contributed by atoms with E-state index in [2.05, 4.69) is 0 Å². The second-order valence-electron chi connectivity index (χ2n) is 3.95. The Morgan fingerprint density at radius 3 is 1.24 bits per heavy atom. The third-order valence-electron chi connectivity index (χ3n) is 2.16. The molecule has 0 aliphatic rings. The minimum atomic E-state index is -1.51. The largest absolute Gasteiger partial charge is 2.00 e. The third kappa shape index (κ3) is 13.1. The van der Waals surface area contributed by atoms with Crippen LogP contribution >= 0.6 is 0 Å². The Labute approximate surface area is 130 Å². The Morgan fingerprint density at radius 2 is 1.00 bits per heavy atom. The molecule has 0 saturated carbocycles. The van der Waals surface area contributed by atoms with Crippen molar-refractivity contribution < 1.29 is 56.4 Å². The SMILES string of the molecule is O=C([O-])CN(CCN(CC(=O)O)CC(=O)O)CC(=O)[O-].[Co+2]. The Hall–Kier alpha value is -1.69. The average molecular weight is 349 g/mol. The zero-order valence-corrected chi connectivity index (χ0v) is 11.9. The minimum Gasteiger partial charge on any atom is -0.549 e. The number of nitrogens with zero attached hydrogens (tertiary/aromatic N) is 2. The number of carboxylic acids is 4. The summed E-state index contributed by atoms with van der Waals surface area (Å²) in [6.45, 7) is -2.75. The average Bonchev–Trinajstić information content (AvgIpc) is 2.22. The van der Waals surface area contributed by atoms with Crippen molar-refractivity contribution in [2.45, 2.75) is 0 Å². The number of carboxylic acid groups (broad SMARTS) is 4. The van der Waals surface area contributed by atoms with Gasteiger partial charge in [-0.2, -0.15) is 0 Å². The second-order valence-corrected chi connectivity index (χ2v) is 3.95. The molecule has 0 spiro atoms. The summed E-state index contributed by atoms with van der Waals surface area (Å²) < 4.78 is 0. The zero-order chi connectivity index (χ0) is 15.7. The van der Waals surface area contributed by atoms with Crippen LogP contribution in [-0.2, 0) is 36.0 Å². The predicted molar refractivity (Wildman–Crippen MR) is 58.2 cm³/mol. The molecule has 0 fully saturated rings. The van der Waals surface area contributed by atoms with Crippen molar-refractivity contribution in [3.8, 4) is 0 Å². The van der Waals surface area contributed by atoms with Crippen LogP contribution in [0.5, 0.6) is 0 Å². The molecule has 0 heterocycles. The van der Waals surface area contributed by atoms with Crippen LogP contribution in [0.15, 0.2) is 0 Å². The zero-order valence-electron chi connectivity index (χ0n) is 10.8. The molecule has 0 bridgehead atoms. The molecule has 121 valence electrons. The molecular weight excluding hydrogens is 335 g/mol. The number of hydrogen-bond donors (Lipinski definition) is 2. The van der Waals surface area contributed by atoms with Gasteiger partial charge in [0.05, 0.1) is 25.0 Å². The summed E-state index contributed by atoms with van der Waals surface area (Å²) in [4.78, 5) is 43.9. The minimum absolute atomic E-state index is 0. The van der Waals surface area contributed by atoms with Gasteiger partial charge in [0, 0.05) is 26.2 Å². The first-order valence-corrected chi connectivity index (χ1v) is 5.48. The maximum absolute atomic E-state index is 10.5. The molecule has 2 N–H and O–H groups in total. The molecule has 0 aromatic carbocycles. The Kier molecular flexibility index (Phi) is 11.3. The van der Waals surface area contributed by atoms with E-state index in [0.717, 1.165) is 9.80 Å². The van der Waals surface area contributed by atoms with Gasteiger partial charge in [-0.05, 0) is 0 Å². The van der Waals surface area contributed by atoms with Gasteiger partial charge < -0.3 is 30.0 Å². The van der Waals surface area contributed by atoms with Gasteiger partial charge in [-0.1, -0.05) is 0 Å². The molecular formula is C10H14CoN2O8. The molecule has 0 saturated heterocycles. The van der Waals surface area contributed by atoms with Gasteiger partial charge in [-0.3, -0.25) is 19.4 Å². The fourth-order valence-corrected chi connectivity index (χ4v) is 1.46. The third-order valence-corrected chi connectivity index (χ3v) is 2.16. The normalized spacial score (nSPS) is 10.2. The summed E-state index contributed by atoms with van der Waals surface area (Å²) in [6, 6.07) is 0. The van der Waals surface area contributed by atoms with E-state index in [0.29, 0.717) is 0 Å². The van der Waals surface area contributed by atoms with E-state index >= 15 is 0 Å². The van der Waals surface area contributed by atoms with Gasteiger partial charge in [0.2, 0.25) is 0 Å². The molecule has 0 unspecified atom stereocenters.